The lowest BCUT2D eigenvalue weighted by Crippen LogP contribution is -2.52. The van der Waals surface area contributed by atoms with E-state index in [1.165, 1.54) is 0 Å². The van der Waals surface area contributed by atoms with Gasteiger partial charge in [0.15, 0.2) is 0 Å². The second-order valence-corrected chi connectivity index (χ2v) is 8.01. The summed E-state index contributed by atoms with van der Waals surface area (Å²) in [4.78, 5) is 43.1. The molecule has 3 aliphatic rings. The summed E-state index contributed by atoms with van der Waals surface area (Å²) in [6, 6.07) is 5.71. The maximum atomic E-state index is 13.0. The van der Waals surface area contributed by atoms with Crippen molar-refractivity contribution in [3.8, 4) is 5.75 Å². The zero-order valence-corrected chi connectivity index (χ0v) is 16.5. The van der Waals surface area contributed by atoms with Gasteiger partial charge in [0.2, 0.25) is 17.7 Å². The van der Waals surface area contributed by atoms with Crippen LogP contribution in [0.2, 0.25) is 0 Å². The Balaban J connectivity index is 1.39. The van der Waals surface area contributed by atoms with Crippen LogP contribution >= 0.6 is 0 Å². The lowest BCUT2D eigenvalue weighted by atomic mass is 10.1. The fourth-order valence-corrected chi connectivity index (χ4v) is 4.11. The minimum absolute atomic E-state index is 0.0148. The molecule has 0 unspecified atom stereocenters. The third-order valence-corrected chi connectivity index (χ3v) is 5.93. The van der Waals surface area contributed by atoms with Crippen LogP contribution in [-0.2, 0) is 14.4 Å². The maximum Gasteiger partial charge on any atom is 0.228 e. The van der Waals surface area contributed by atoms with Crippen molar-refractivity contribution < 1.29 is 19.1 Å². The highest BCUT2D eigenvalue weighted by molar-refractivity contribution is 6.01. The Labute approximate surface area is 165 Å². The van der Waals surface area contributed by atoms with Gasteiger partial charge in [-0.2, -0.15) is 0 Å². The summed E-state index contributed by atoms with van der Waals surface area (Å²) in [5.74, 6) is 0.710. The van der Waals surface area contributed by atoms with Gasteiger partial charge in [-0.05, 0) is 37.5 Å². The molecule has 7 heteroatoms. The van der Waals surface area contributed by atoms with E-state index in [0.717, 1.165) is 24.1 Å². The first kappa shape index (κ1) is 18.8. The maximum absolute atomic E-state index is 13.0. The first-order chi connectivity index (χ1) is 13.5. The predicted octanol–water partition coefficient (Wildman–Crippen LogP) is 1.44. The van der Waals surface area contributed by atoms with E-state index >= 15 is 0 Å². The monoisotopic (exact) mass is 385 g/mol. The molecule has 1 atom stereocenters. The van der Waals surface area contributed by atoms with Crippen LogP contribution in [0, 0.1) is 18.8 Å². The SMILES string of the molecule is COc1ccc(C)cc1N1C[C@H](C(=O)N2CCN(C(=O)C3CC3)CC2)CC1=O. The molecule has 1 aromatic carbocycles. The van der Waals surface area contributed by atoms with Crippen LogP contribution in [0.4, 0.5) is 5.69 Å². The van der Waals surface area contributed by atoms with Crippen LogP contribution in [0.1, 0.15) is 24.8 Å². The first-order valence-electron chi connectivity index (χ1n) is 10.0. The van der Waals surface area contributed by atoms with E-state index in [1.807, 2.05) is 34.9 Å². The van der Waals surface area contributed by atoms with Crippen LogP contribution in [0.5, 0.6) is 5.75 Å². The number of nitrogens with zero attached hydrogens (tertiary/aromatic N) is 3. The molecular formula is C21H27N3O4. The molecule has 2 saturated heterocycles. The summed E-state index contributed by atoms with van der Waals surface area (Å²) < 4.78 is 5.41. The quantitative estimate of drug-likeness (QED) is 0.786. The zero-order valence-electron chi connectivity index (χ0n) is 16.5. The molecule has 1 aliphatic carbocycles. The molecule has 3 amide bonds. The molecule has 1 saturated carbocycles. The predicted molar refractivity (Wildman–Crippen MR) is 104 cm³/mol. The standard InChI is InChI=1S/C21H27N3O4/c1-14-3-6-18(28-2)17(11-14)24-13-16(12-19(24)25)21(27)23-9-7-22(8-10-23)20(26)15-4-5-15/h3,6,11,15-16H,4-5,7-10,12-13H2,1-2H3/t16-/m1/s1. The van der Waals surface area contributed by atoms with E-state index < -0.39 is 0 Å². The summed E-state index contributed by atoms with van der Waals surface area (Å²) in [5, 5.41) is 0. The second-order valence-electron chi connectivity index (χ2n) is 8.01. The molecule has 0 N–H and O–H groups in total. The van der Waals surface area contributed by atoms with Gasteiger partial charge in [-0.15, -0.1) is 0 Å². The molecule has 2 aliphatic heterocycles. The van der Waals surface area contributed by atoms with Crippen LogP contribution in [0.3, 0.4) is 0 Å². The number of hydrogen-bond acceptors (Lipinski definition) is 4. The Morgan fingerprint density at radius 3 is 2.18 bits per heavy atom. The van der Waals surface area contributed by atoms with Crippen LogP contribution < -0.4 is 9.64 Å². The largest absolute Gasteiger partial charge is 0.495 e. The molecule has 2 heterocycles. The average molecular weight is 385 g/mol. The van der Waals surface area contributed by atoms with Crippen molar-refractivity contribution >= 4 is 23.4 Å². The van der Waals surface area contributed by atoms with E-state index in [-0.39, 0.29) is 36.0 Å². The minimum atomic E-state index is -0.344. The van der Waals surface area contributed by atoms with Gasteiger partial charge in [-0.25, -0.2) is 0 Å². The Kier molecular flexibility index (Phi) is 5.00. The number of rotatable bonds is 4. The average Bonchev–Trinajstić information content (AvgIpc) is 3.49. The number of carbonyl (C=O) groups excluding carboxylic acids is 3. The highest BCUT2D eigenvalue weighted by Gasteiger charge is 2.40. The number of anilines is 1. The molecule has 0 aromatic heterocycles. The van der Waals surface area contributed by atoms with Gasteiger partial charge in [0.05, 0.1) is 18.7 Å². The third kappa shape index (κ3) is 3.57. The fraction of sp³-hybridized carbons (Fsp3) is 0.571. The van der Waals surface area contributed by atoms with Crippen LogP contribution in [0.15, 0.2) is 18.2 Å². The van der Waals surface area contributed by atoms with Gasteiger partial charge in [0.1, 0.15) is 5.75 Å². The molecule has 1 aromatic rings. The molecule has 7 nitrogen and oxygen atoms in total. The molecule has 4 rings (SSSR count). The van der Waals surface area contributed by atoms with Crippen molar-refractivity contribution in [2.75, 3.05) is 44.7 Å². The second kappa shape index (κ2) is 7.45. The Bertz CT molecular complexity index is 797. The molecule has 0 bridgehead atoms. The lowest BCUT2D eigenvalue weighted by molar-refractivity contribution is -0.142. The fourth-order valence-electron chi connectivity index (χ4n) is 4.11. The number of aryl methyl sites for hydroxylation is 1. The summed E-state index contributed by atoms with van der Waals surface area (Å²) in [5.41, 5.74) is 1.76. The van der Waals surface area contributed by atoms with Gasteiger partial charge < -0.3 is 19.4 Å². The van der Waals surface area contributed by atoms with E-state index in [0.29, 0.717) is 38.5 Å². The Morgan fingerprint density at radius 2 is 1.61 bits per heavy atom. The van der Waals surface area contributed by atoms with Gasteiger partial charge in [-0.1, -0.05) is 6.07 Å². The number of benzene rings is 1. The summed E-state index contributed by atoms with van der Waals surface area (Å²) >= 11 is 0. The highest BCUT2D eigenvalue weighted by atomic mass is 16.5. The molecule has 150 valence electrons. The third-order valence-electron chi connectivity index (χ3n) is 5.93. The number of hydrogen-bond donors (Lipinski definition) is 0. The topological polar surface area (TPSA) is 70.2 Å². The number of piperazine rings is 1. The van der Waals surface area contributed by atoms with Crippen molar-refractivity contribution in [1.29, 1.82) is 0 Å². The lowest BCUT2D eigenvalue weighted by Gasteiger charge is -2.36. The Hall–Kier alpha value is -2.57. The molecular weight excluding hydrogens is 358 g/mol. The van der Waals surface area contributed by atoms with E-state index in [9.17, 15) is 14.4 Å². The number of amides is 3. The van der Waals surface area contributed by atoms with E-state index in [4.69, 9.17) is 4.74 Å². The zero-order chi connectivity index (χ0) is 19.8. The van der Waals surface area contributed by atoms with Crippen LogP contribution in [0.25, 0.3) is 0 Å². The molecule has 3 fully saturated rings. The van der Waals surface area contributed by atoms with Gasteiger partial charge in [-0.3, -0.25) is 14.4 Å². The summed E-state index contributed by atoms with van der Waals surface area (Å²) in [7, 11) is 1.58. The minimum Gasteiger partial charge on any atom is -0.495 e. The smallest absolute Gasteiger partial charge is 0.228 e. The van der Waals surface area contributed by atoms with Crippen molar-refractivity contribution in [1.82, 2.24) is 9.80 Å². The first-order valence-corrected chi connectivity index (χ1v) is 10.0. The molecule has 28 heavy (non-hydrogen) atoms. The van der Waals surface area contributed by atoms with Crippen molar-refractivity contribution in [2.24, 2.45) is 11.8 Å². The van der Waals surface area contributed by atoms with Gasteiger partial charge in [0.25, 0.3) is 0 Å². The number of ether oxygens (including phenoxy) is 1. The van der Waals surface area contributed by atoms with Gasteiger partial charge in [0, 0.05) is 45.1 Å². The van der Waals surface area contributed by atoms with Crippen molar-refractivity contribution in [3.05, 3.63) is 23.8 Å². The normalized spacial score (nSPS) is 22.6. The number of carbonyl (C=O) groups is 3. The van der Waals surface area contributed by atoms with Gasteiger partial charge >= 0.3 is 0 Å². The summed E-state index contributed by atoms with van der Waals surface area (Å²) in [6.07, 6.45) is 2.22. The van der Waals surface area contributed by atoms with Crippen molar-refractivity contribution in [3.63, 3.8) is 0 Å². The van der Waals surface area contributed by atoms with E-state index in [2.05, 4.69) is 0 Å². The Morgan fingerprint density at radius 1 is 1.00 bits per heavy atom. The van der Waals surface area contributed by atoms with E-state index in [1.54, 1.807) is 12.0 Å². The van der Waals surface area contributed by atoms with Crippen LogP contribution in [-0.4, -0.2) is 67.4 Å². The summed E-state index contributed by atoms with van der Waals surface area (Å²) in [6.45, 7) is 4.63. The highest BCUT2D eigenvalue weighted by Crippen LogP contribution is 2.35. The molecule has 0 spiro atoms. The number of methoxy groups -OCH3 is 1. The van der Waals surface area contributed by atoms with Crippen molar-refractivity contribution in [2.45, 2.75) is 26.2 Å². The molecule has 0 radical (unpaired) electrons.